The second-order valence-corrected chi connectivity index (χ2v) is 7.37. The van der Waals surface area contributed by atoms with Gasteiger partial charge in [0.25, 0.3) is 0 Å². The van der Waals surface area contributed by atoms with Gasteiger partial charge in [0.2, 0.25) is 0 Å². The third kappa shape index (κ3) is 3.53. The van der Waals surface area contributed by atoms with Crippen molar-refractivity contribution in [3.63, 3.8) is 0 Å². The summed E-state index contributed by atoms with van der Waals surface area (Å²) in [7, 11) is 1.91. The van der Waals surface area contributed by atoms with Gasteiger partial charge in [0.05, 0.1) is 5.69 Å². The topological polar surface area (TPSA) is 57.4 Å². The van der Waals surface area contributed by atoms with Crippen LogP contribution in [0.3, 0.4) is 0 Å². The highest BCUT2D eigenvalue weighted by Gasteiger charge is 2.32. The molecule has 0 spiro atoms. The lowest BCUT2D eigenvalue weighted by atomic mass is 10.1. The standard InChI is InChI=1S/C24H24FN5/c1-15(2)17-6-5-7-19(14-17)27-22-13-12-21-24(28-22)30(23(26)16(3)29(21)4)20-10-8-18(25)9-11-20/h5-14,23H,1,3,26H2,2,4H3,(H,27,28). The van der Waals surface area contributed by atoms with Gasteiger partial charge in [0.1, 0.15) is 17.8 Å². The zero-order valence-corrected chi connectivity index (χ0v) is 17.1. The predicted molar refractivity (Wildman–Crippen MR) is 123 cm³/mol. The number of fused-ring (bicyclic) bond motifs is 1. The molecule has 3 N–H and O–H groups in total. The van der Waals surface area contributed by atoms with Gasteiger partial charge in [0.15, 0.2) is 5.82 Å². The van der Waals surface area contributed by atoms with E-state index in [1.807, 2.05) is 60.2 Å². The van der Waals surface area contributed by atoms with Gasteiger partial charge in [-0.25, -0.2) is 9.37 Å². The van der Waals surface area contributed by atoms with Crippen molar-refractivity contribution in [3.05, 3.63) is 90.9 Å². The normalized spacial score (nSPS) is 15.7. The third-order valence-electron chi connectivity index (χ3n) is 5.23. The maximum Gasteiger partial charge on any atom is 0.161 e. The molecular weight excluding hydrogens is 377 g/mol. The summed E-state index contributed by atoms with van der Waals surface area (Å²) in [6.07, 6.45) is -0.526. The molecule has 0 fully saturated rings. The predicted octanol–water partition coefficient (Wildman–Crippen LogP) is 5.38. The maximum absolute atomic E-state index is 13.5. The molecule has 0 saturated heterocycles. The monoisotopic (exact) mass is 401 g/mol. The maximum atomic E-state index is 13.5. The summed E-state index contributed by atoms with van der Waals surface area (Å²) in [4.78, 5) is 8.63. The second-order valence-electron chi connectivity index (χ2n) is 7.37. The van der Waals surface area contributed by atoms with Crippen molar-refractivity contribution in [2.45, 2.75) is 13.1 Å². The molecule has 0 saturated carbocycles. The molecular formula is C24H24FN5. The molecule has 3 aromatic rings. The minimum absolute atomic E-state index is 0.304. The molecule has 5 nitrogen and oxygen atoms in total. The Labute approximate surface area is 176 Å². The van der Waals surface area contributed by atoms with Crippen LogP contribution in [0.1, 0.15) is 12.5 Å². The summed E-state index contributed by atoms with van der Waals surface area (Å²) < 4.78 is 13.5. The van der Waals surface area contributed by atoms with E-state index in [0.29, 0.717) is 11.6 Å². The first-order valence-electron chi connectivity index (χ1n) is 9.62. The number of nitrogens with zero attached hydrogens (tertiary/aromatic N) is 3. The third-order valence-corrected chi connectivity index (χ3v) is 5.23. The van der Waals surface area contributed by atoms with Crippen molar-refractivity contribution in [1.82, 2.24) is 4.98 Å². The number of anilines is 5. The molecule has 0 aliphatic carbocycles. The number of allylic oxidation sites excluding steroid dienone is 1. The van der Waals surface area contributed by atoms with Gasteiger partial charge < -0.3 is 20.9 Å². The van der Waals surface area contributed by atoms with E-state index in [4.69, 9.17) is 10.7 Å². The molecule has 0 amide bonds. The number of pyridine rings is 1. The average molecular weight is 401 g/mol. The van der Waals surface area contributed by atoms with E-state index in [1.165, 1.54) is 12.1 Å². The molecule has 6 heteroatoms. The number of aromatic nitrogens is 1. The Balaban J connectivity index is 1.76. The van der Waals surface area contributed by atoms with Crippen molar-refractivity contribution < 1.29 is 4.39 Å². The fourth-order valence-corrected chi connectivity index (χ4v) is 3.48. The second kappa shape index (κ2) is 7.65. The zero-order chi connectivity index (χ0) is 21.4. The summed E-state index contributed by atoms with van der Waals surface area (Å²) in [6, 6.07) is 18.1. The van der Waals surface area contributed by atoms with E-state index < -0.39 is 6.17 Å². The van der Waals surface area contributed by atoms with Crippen LogP contribution in [-0.4, -0.2) is 18.2 Å². The minimum Gasteiger partial charge on any atom is -0.343 e. The molecule has 152 valence electrons. The van der Waals surface area contributed by atoms with Crippen molar-refractivity contribution in [1.29, 1.82) is 0 Å². The molecule has 4 rings (SSSR count). The quantitative estimate of drug-likeness (QED) is 0.614. The first-order valence-corrected chi connectivity index (χ1v) is 9.62. The van der Waals surface area contributed by atoms with E-state index in [2.05, 4.69) is 18.5 Å². The van der Waals surface area contributed by atoms with Gasteiger partial charge >= 0.3 is 0 Å². The Morgan fingerprint density at radius 1 is 1.13 bits per heavy atom. The highest BCUT2D eigenvalue weighted by atomic mass is 19.1. The smallest absolute Gasteiger partial charge is 0.161 e. The lowest BCUT2D eigenvalue weighted by molar-refractivity contribution is 0.627. The van der Waals surface area contributed by atoms with E-state index in [1.54, 1.807) is 12.1 Å². The number of benzene rings is 2. The fourth-order valence-electron chi connectivity index (χ4n) is 3.48. The molecule has 2 heterocycles. The van der Waals surface area contributed by atoms with Gasteiger partial charge in [-0.05, 0) is 61.0 Å². The Hall–Kier alpha value is -3.64. The molecule has 0 radical (unpaired) electrons. The average Bonchev–Trinajstić information content (AvgIpc) is 2.74. The van der Waals surface area contributed by atoms with Crippen LogP contribution in [0, 0.1) is 5.82 Å². The number of hydrogen-bond donors (Lipinski definition) is 2. The van der Waals surface area contributed by atoms with Crippen molar-refractivity contribution >= 4 is 34.3 Å². The molecule has 1 aliphatic rings. The van der Waals surface area contributed by atoms with E-state index in [9.17, 15) is 4.39 Å². The van der Waals surface area contributed by atoms with E-state index in [0.717, 1.165) is 33.9 Å². The first-order chi connectivity index (χ1) is 14.3. The molecule has 0 bridgehead atoms. The Morgan fingerprint density at radius 3 is 2.57 bits per heavy atom. The molecule has 1 aromatic heterocycles. The van der Waals surface area contributed by atoms with Crippen LogP contribution < -0.4 is 20.9 Å². The van der Waals surface area contributed by atoms with Crippen LogP contribution in [0.4, 0.5) is 33.1 Å². The lowest BCUT2D eigenvalue weighted by Gasteiger charge is -2.42. The largest absolute Gasteiger partial charge is 0.343 e. The zero-order valence-electron chi connectivity index (χ0n) is 17.1. The van der Waals surface area contributed by atoms with Crippen LogP contribution in [0.5, 0.6) is 0 Å². The highest BCUT2D eigenvalue weighted by Crippen LogP contribution is 2.41. The lowest BCUT2D eigenvalue weighted by Crippen LogP contribution is -2.49. The van der Waals surface area contributed by atoms with Crippen LogP contribution in [-0.2, 0) is 0 Å². The molecule has 2 aromatic carbocycles. The number of nitrogens with two attached hydrogens (primary N) is 1. The van der Waals surface area contributed by atoms with E-state index in [-0.39, 0.29) is 5.82 Å². The van der Waals surface area contributed by atoms with Gasteiger partial charge in [-0.3, -0.25) is 0 Å². The van der Waals surface area contributed by atoms with Gasteiger partial charge in [-0.2, -0.15) is 0 Å². The Morgan fingerprint density at radius 2 is 1.87 bits per heavy atom. The summed E-state index contributed by atoms with van der Waals surface area (Å²) in [5.41, 5.74) is 11.8. The molecule has 1 atom stereocenters. The van der Waals surface area contributed by atoms with E-state index >= 15 is 0 Å². The van der Waals surface area contributed by atoms with Crippen molar-refractivity contribution in [2.75, 3.05) is 22.2 Å². The van der Waals surface area contributed by atoms with Crippen molar-refractivity contribution in [3.8, 4) is 0 Å². The molecule has 1 unspecified atom stereocenters. The number of nitrogens with one attached hydrogen (secondary N) is 1. The molecule has 1 aliphatic heterocycles. The highest BCUT2D eigenvalue weighted by molar-refractivity contribution is 5.82. The number of rotatable bonds is 4. The number of hydrogen-bond acceptors (Lipinski definition) is 5. The molecule has 30 heavy (non-hydrogen) atoms. The summed E-state index contributed by atoms with van der Waals surface area (Å²) in [6.45, 7) is 10.1. The Bertz CT molecular complexity index is 1120. The van der Waals surface area contributed by atoms with Crippen molar-refractivity contribution in [2.24, 2.45) is 5.73 Å². The summed E-state index contributed by atoms with van der Waals surface area (Å²) >= 11 is 0. The van der Waals surface area contributed by atoms with Crippen LogP contribution in [0.25, 0.3) is 5.57 Å². The van der Waals surface area contributed by atoms with Gasteiger partial charge in [-0.15, -0.1) is 0 Å². The first kappa shape index (κ1) is 19.7. The Kier molecular flexibility index (Phi) is 5.01. The fraction of sp³-hybridized carbons (Fsp3) is 0.125. The number of halogens is 1. The van der Waals surface area contributed by atoms with Crippen LogP contribution >= 0.6 is 0 Å². The minimum atomic E-state index is -0.526. The summed E-state index contributed by atoms with van der Waals surface area (Å²) in [5.74, 6) is 1.04. The van der Waals surface area contributed by atoms with Gasteiger partial charge in [-0.1, -0.05) is 30.9 Å². The SMILES string of the molecule is C=C(C)c1cccc(Nc2ccc3c(n2)N(c2ccc(F)cc2)C(N)C(=C)N3C)c1. The summed E-state index contributed by atoms with van der Waals surface area (Å²) in [5, 5.41) is 3.35. The van der Waals surface area contributed by atoms with Crippen LogP contribution in [0.15, 0.2) is 79.5 Å². The number of likely N-dealkylation sites (N-methyl/N-ethyl adjacent to an activating group) is 1. The van der Waals surface area contributed by atoms with Gasteiger partial charge in [0, 0.05) is 24.1 Å². The van der Waals surface area contributed by atoms with Crippen LogP contribution in [0.2, 0.25) is 0 Å².